The summed E-state index contributed by atoms with van der Waals surface area (Å²) in [5, 5.41) is 5.85. The highest BCUT2D eigenvalue weighted by atomic mass is 35.5. The summed E-state index contributed by atoms with van der Waals surface area (Å²) in [5.41, 5.74) is 1.71. The number of halogens is 1. The van der Waals surface area contributed by atoms with E-state index < -0.39 is 0 Å². The minimum Gasteiger partial charge on any atom is -0.490 e. The quantitative estimate of drug-likeness (QED) is 0.648. The second-order valence-electron chi connectivity index (χ2n) is 6.07. The minimum atomic E-state index is -0.345. The summed E-state index contributed by atoms with van der Waals surface area (Å²) < 4.78 is 5.88. The summed E-state index contributed by atoms with van der Waals surface area (Å²) in [5.74, 6) is 0.138. The maximum absolute atomic E-state index is 12.3. The van der Waals surface area contributed by atoms with Gasteiger partial charge in [0.2, 0.25) is 11.8 Å². The van der Waals surface area contributed by atoms with Gasteiger partial charge in [-0.05, 0) is 43.7 Å². The van der Waals surface area contributed by atoms with Crippen LogP contribution in [-0.2, 0) is 9.59 Å². The van der Waals surface area contributed by atoms with Crippen LogP contribution >= 0.6 is 11.6 Å². The van der Waals surface area contributed by atoms with Gasteiger partial charge in [0, 0.05) is 23.6 Å². The van der Waals surface area contributed by atoms with Crippen LogP contribution in [0.4, 0.5) is 11.4 Å². The molecular weight excluding hydrogens is 364 g/mol. The molecule has 0 aromatic heterocycles. The summed E-state index contributed by atoms with van der Waals surface area (Å²) in [6.45, 7) is 5.44. The Kier molecular flexibility index (Phi) is 7.44. The van der Waals surface area contributed by atoms with Gasteiger partial charge in [-0.25, -0.2) is 0 Å². The summed E-state index contributed by atoms with van der Waals surface area (Å²) in [4.78, 5) is 23.6. The van der Waals surface area contributed by atoms with E-state index in [0.29, 0.717) is 16.4 Å². The lowest BCUT2D eigenvalue weighted by Crippen LogP contribution is -2.13. The van der Waals surface area contributed by atoms with Crippen LogP contribution in [0.3, 0.4) is 0 Å². The molecule has 0 saturated carbocycles. The number of rotatable bonds is 7. The molecule has 1 unspecified atom stereocenters. The Morgan fingerprint density at radius 3 is 2.59 bits per heavy atom. The zero-order valence-electron chi connectivity index (χ0n) is 15.6. The molecule has 1 atom stereocenters. The number of ether oxygens (including phenoxy) is 1. The van der Waals surface area contributed by atoms with Gasteiger partial charge in [-0.2, -0.15) is 0 Å². The molecule has 5 nitrogen and oxygen atoms in total. The van der Waals surface area contributed by atoms with Crippen LogP contribution in [0.25, 0.3) is 6.08 Å². The van der Waals surface area contributed by atoms with Crippen LogP contribution in [0.2, 0.25) is 5.02 Å². The van der Waals surface area contributed by atoms with Gasteiger partial charge in [0.15, 0.2) is 0 Å². The average Bonchev–Trinajstić information content (AvgIpc) is 2.63. The smallest absolute Gasteiger partial charge is 0.248 e. The first-order chi connectivity index (χ1) is 12.9. The molecule has 0 heterocycles. The monoisotopic (exact) mass is 386 g/mol. The zero-order chi connectivity index (χ0) is 19.8. The maximum atomic E-state index is 12.3. The van der Waals surface area contributed by atoms with Gasteiger partial charge >= 0.3 is 0 Å². The van der Waals surface area contributed by atoms with E-state index in [2.05, 4.69) is 10.6 Å². The van der Waals surface area contributed by atoms with Crippen molar-refractivity contribution >= 4 is 40.9 Å². The Labute approximate surface area is 164 Å². The molecule has 0 aliphatic carbocycles. The molecule has 142 valence electrons. The summed E-state index contributed by atoms with van der Waals surface area (Å²) in [6.07, 6.45) is 4.08. The summed E-state index contributed by atoms with van der Waals surface area (Å²) in [6, 6.07) is 12.4. The third-order valence-electron chi connectivity index (χ3n) is 3.79. The summed E-state index contributed by atoms with van der Waals surface area (Å²) >= 11 is 5.99. The number of carbonyl (C=O) groups is 2. The molecule has 2 aromatic rings. The van der Waals surface area contributed by atoms with Crippen molar-refractivity contribution < 1.29 is 14.3 Å². The molecule has 0 fully saturated rings. The Hall–Kier alpha value is -2.79. The highest BCUT2D eigenvalue weighted by Crippen LogP contribution is 2.26. The fourth-order valence-electron chi connectivity index (χ4n) is 2.28. The van der Waals surface area contributed by atoms with Crippen molar-refractivity contribution in [2.45, 2.75) is 33.3 Å². The number of anilines is 2. The third-order valence-corrected chi connectivity index (χ3v) is 4.02. The Morgan fingerprint density at radius 2 is 1.89 bits per heavy atom. The van der Waals surface area contributed by atoms with E-state index in [-0.39, 0.29) is 17.9 Å². The number of para-hydroxylation sites is 1. The molecule has 2 amide bonds. The number of carbonyl (C=O) groups excluding carboxylic acids is 2. The number of hydrogen-bond acceptors (Lipinski definition) is 3. The van der Waals surface area contributed by atoms with Crippen LogP contribution < -0.4 is 15.4 Å². The SMILES string of the molecule is CCC(C)Oc1ccccc1C=CC(=O)Nc1cc(Cl)ccc1NC(C)=O. The molecule has 0 radical (unpaired) electrons. The van der Waals surface area contributed by atoms with Crippen molar-refractivity contribution in [3.05, 3.63) is 59.1 Å². The second kappa shape index (κ2) is 9.78. The molecule has 2 N–H and O–H groups in total. The number of hydrogen-bond donors (Lipinski definition) is 2. The van der Waals surface area contributed by atoms with Gasteiger partial charge in [0.1, 0.15) is 5.75 Å². The second-order valence-corrected chi connectivity index (χ2v) is 6.50. The van der Waals surface area contributed by atoms with Gasteiger partial charge in [-0.1, -0.05) is 36.7 Å². The predicted molar refractivity (Wildman–Crippen MR) is 110 cm³/mol. The molecule has 0 saturated heterocycles. The van der Waals surface area contributed by atoms with Gasteiger partial charge in [0.25, 0.3) is 0 Å². The number of benzene rings is 2. The van der Waals surface area contributed by atoms with Crippen LogP contribution in [0.15, 0.2) is 48.5 Å². The Bertz CT molecular complexity index is 849. The molecule has 6 heteroatoms. The van der Waals surface area contributed by atoms with Crippen molar-refractivity contribution in [3.8, 4) is 5.75 Å². The Balaban J connectivity index is 2.15. The van der Waals surface area contributed by atoms with Crippen LogP contribution in [0, 0.1) is 0 Å². The van der Waals surface area contributed by atoms with Crippen molar-refractivity contribution in [2.24, 2.45) is 0 Å². The van der Waals surface area contributed by atoms with Gasteiger partial charge in [-0.15, -0.1) is 0 Å². The number of nitrogens with one attached hydrogen (secondary N) is 2. The lowest BCUT2D eigenvalue weighted by Gasteiger charge is -2.14. The van der Waals surface area contributed by atoms with Crippen LogP contribution in [-0.4, -0.2) is 17.9 Å². The maximum Gasteiger partial charge on any atom is 0.248 e. The lowest BCUT2D eigenvalue weighted by atomic mass is 10.1. The van der Waals surface area contributed by atoms with E-state index in [1.54, 1.807) is 24.3 Å². The van der Waals surface area contributed by atoms with E-state index in [1.165, 1.54) is 13.0 Å². The highest BCUT2D eigenvalue weighted by Gasteiger charge is 2.08. The van der Waals surface area contributed by atoms with Crippen LogP contribution in [0.5, 0.6) is 5.75 Å². The van der Waals surface area contributed by atoms with Crippen LogP contribution in [0.1, 0.15) is 32.8 Å². The van der Waals surface area contributed by atoms with E-state index in [0.717, 1.165) is 17.7 Å². The van der Waals surface area contributed by atoms with Crippen molar-refractivity contribution in [1.82, 2.24) is 0 Å². The third kappa shape index (κ3) is 6.46. The standard InChI is InChI=1S/C21H23ClN2O3/c1-4-14(2)27-20-8-6-5-7-16(20)9-12-21(26)24-19-13-17(22)10-11-18(19)23-15(3)25/h5-14H,4H2,1-3H3,(H,23,25)(H,24,26). The molecule has 27 heavy (non-hydrogen) atoms. The topological polar surface area (TPSA) is 67.4 Å². The van der Waals surface area contributed by atoms with Gasteiger partial charge < -0.3 is 15.4 Å². The van der Waals surface area contributed by atoms with E-state index in [4.69, 9.17) is 16.3 Å². The normalized spacial score (nSPS) is 11.9. The van der Waals surface area contributed by atoms with E-state index >= 15 is 0 Å². The fourth-order valence-corrected chi connectivity index (χ4v) is 2.46. The first-order valence-corrected chi connectivity index (χ1v) is 9.08. The van der Waals surface area contributed by atoms with Crippen molar-refractivity contribution in [2.75, 3.05) is 10.6 Å². The number of amides is 2. The minimum absolute atomic E-state index is 0.0834. The van der Waals surface area contributed by atoms with Gasteiger partial charge in [-0.3, -0.25) is 9.59 Å². The molecule has 2 rings (SSSR count). The average molecular weight is 387 g/mol. The molecule has 0 aliphatic rings. The largest absolute Gasteiger partial charge is 0.490 e. The zero-order valence-corrected chi connectivity index (χ0v) is 16.3. The molecule has 0 spiro atoms. The Morgan fingerprint density at radius 1 is 1.15 bits per heavy atom. The highest BCUT2D eigenvalue weighted by molar-refractivity contribution is 6.31. The fraction of sp³-hybridized carbons (Fsp3) is 0.238. The first-order valence-electron chi connectivity index (χ1n) is 8.71. The van der Waals surface area contributed by atoms with Crippen molar-refractivity contribution in [3.63, 3.8) is 0 Å². The molecule has 0 bridgehead atoms. The van der Waals surface area contributed by atoms with E-state index in [9.17, 15) is 9.59 Å². The molecule has 0 aliphatic heterocycles. The van der Waals surface area contributed by atoms with Gasteiger partial charge in [0.05, 0.1) is 17.5 Å². The van der Waals surface area contributed by atoms with E-state index in [1.807, 2.05) is 38.1 Å². The lowest BCUT2D eigenvalue weighted by molar-refractivity contribution is -0.114. The predicted octanol–water partition coefficient (Wildman–Crippen LogP) is 5.13. The first kappa shape index (κ1) is 20.5. The van der Waals surface area contributed by atoms with Crippen molar-refractivity contribution in [1.29, 1.82) is 0 Å². The molecule has 2 aromatic carbocycles. The molecular formula is C21H23ClN2O3. The summed E-state index contributed by atoms with van der Waals surface area (Å²) in [7, 11) is 0.